The maximum Gasteiger partial charge on any atom is 0.338 e. The van der Waals surface area contributed by atoms with Gasteiger partial charge in [0.2, 0.25) is 0 Å². The van der Waals surface area contributed by atoms with Crippen LogP contribution in [0.2, 0.25) is 0 Å². The monoisotopic (exact) mass is 282 g/mol. The first kappa shape index (κ1) is 12.7. The molecular formula is C18H18O3. The van der Waals surface area contributed by atoms with Gasteiger partial charge in [-0.15, -0.1) is 0 Å². The molecule has 21 heavy (non-hydrogen) atoms. The molecule has 1 aromatic carbocycles. The number of benzene rings is 1. The molecule has 1 unspecified atom stereocenters. The molecule has 1 aromatic heterocycles. The first-order valence-electron chi connectivity index (χ1n) is 7.72. The molecule has 1 heterocycles. The summed E-state index contributed by atoms with van der Waals surface area (Å²) < 4.78 is 11.8. The van der Waals surface area contributed by atoms with Gasteiger partial charge < -0.3 is 9.15 Å². The van der Waals surface area contributed by atoms with Crippen molar-refractivity contribution in [1.82, 2.24) is 0 Å². The fraction of sp³-hybridized carbons (Fsp3) is 0.389. The maximum absolute atomic E-state index is 12.3. The molecule has 4 rings (SSSR count). The molecule has 0 radical (unpaired) electrons. The third-order valence-electron chi connectivity index (χ3n) is 4.49. The van der Waals surface area contributed by atoms with Crippen LogP contribution in [-0.4, -0.2) is 5.97 Å². The van der Waals surface area contributed by atoms with E-state index < -0.39 is 0 Å². The van der Waals surface area contributed by atoms with Crippen LogP contribution in [0.1, 0.15) is 58.4 Å². The Morgan fingerprint density at radius 1 is 1.05 bits per heavy atom. The van der Waals surface area contributed by atoms with E-state index in [0.29, 0.717) is 5.56 Å². The highest BCUT2D eigenvalue weighted by atomic mass is 16.5. The Morgan fingerprint density at radius 2 is 1.86 bits per heavy atom. The van der Waals surface area contributed by atoms with Crippen LogP contribution in [0.5, 0.6) is 0 Å². The summed E-state index contributed by atoms with van der Waals surface area (Å²) in [4.78, 5) is 12.3. The molecule has 0 amide bonds. The van der Waals surface area contributed by atoms with Gasteiger partial charge in [-0.2, -0.15) is 0 Å². The zero-order chi connectivity index (χ0) is 14.2. The molecule has 0 saturated carbocycles. The molecule has 0 spiro atoms. The van der Waals surface area contributed by atoms with Gasteiger partial charge in [-0.1, -0.05) is 18.2 Å². The van der Waals surface area contributed by atoms with E-state index in [-0.39, 0.29) is 12.1 Å². The van der Waals surface area contributed by atoms with Crippen LogP contribution in [-0.2, 0) is 24.0 Å². The Kier molecular flexibility index (Phi) is 3.06. The average molecular weight is 282 g/mol. The van der Waals surface area contributed by atoms with E-state index in [1.54, 1.807) is 12.1 Å². The summed E-state index contributed by atoms with van der Waals surface area (Å²) in [5, 5.41) is 0. The van der Waals surface area contributed by atoms with Crippen molar-refractivity contribution < 1.29 is 13.9 Å². The fourth-order valence-electron chi connectivity index (χ4n) is 3.53. The molecule has 0 aliphatic heterocycles. The van der Waals surface area contributed by atoms with Crippen molar-refractivity contribution in [2.45, 2.75) is 44.6 Å². The summed E-state index contributed by atoms with van der Waals surface area (Å²) in [5.41, 5.74) is 3.11. The number of rotatable bonds is 2. The number of furan rings is 1. The number of carbonyl (C=O) groups is 1. The van der Waals surface area contributed by atoms with Gasteiger partial charge in [0.05, 0.1) is 5.56 Å². The fourth-order valence-corrected chi connectivity index (χ4v) is 3.53. The smallest absolute Gasteiger partial charge is 0.338 e. The molecule has 0 fully saturated rings. The minimum atomic E-state index is -0.235. The molecule has 1 atom stereocenters. The largest absolute Gasteiger partial charge is 0.465 e. The Balaban J connectivity index is 1.62. The zero-order valence-corrected chi connectivity index (χ0v) is 11.9. The molecule has 2 aliphatic carbocycles. The van der Waals surface area contributed by atoms with Gasteiger partial charge in [0, 0.05) is 24.0 Å². The molecule has 0 bridgehead atoms. The van der Waals surface area contributed by atoms with Crippen LogP contribution in [0, 0.1) is 0 Å². The average Bonchev–Trinajstić information content (AvgIpc) is 3.09. The summed E-state index contributed by atoms with van der Waals surface area (Å²) in [7, 11) is 0. The van der Waals surface area contributed by atoms with E-state index >= 15 is 0 Å². The van der Waals surface area contributed by atoms with E-state index in [4.69, 9.17) is 9.15 Å². The summed E-state index contributed by atoms with van der Waals surface area (Å²) in [6.07, 6.45) is 6.01. The van der Waals surface area contributed by atoms with Crippen molar-refractivity contribution in [2.24, 2.45) is 0 Å². The topological polar surface area (TPSA) is 39.4 Å². The van der Waals surface area contributed by atoms with Gasteiger partial charge in [-0.05, 0) is 37.8 Å². The van der Waals surface area contributed by atoms with Gasteiger partial charge >= 0.3 is 5.97 Å². The van der Waals surface area contributed by atoms with Crippen LogP contribution in [0.3, 0.4) is 0 Å². The van der Waals surface area contributed by atoms with E-state index in [0.717, 1.165) is 50.0 Å². The summed E-state index contributed by atoms with van der Waals surface area (Å²) >= 11 is 0. The van der Waals surface area contributed by atoms with Crippen molar-refractivity contribution in [3.63, 3.8) is 0 Å². The number of ether oxygens (including phenoxy) is 1. The number of carbonyl (C=O) groups excluding carboxylic acids is 1. The molecule has 3 nitrogen and oxygen atoms in total. The Morgan fingerprint density at radius 3 is 2.71 bits per heavy atom. The summed E-state index contributed by atoms with van der Waals surface area (Å²) in [5.74, 6) is 1.95. The lowest BCUT2D eigenvalue weighted by molar-refractivity contribution is 0.0249. The van der Waals surface area contributed by atoms with E-state index in [2.05, 4.69) is 0 Å². The number of aryl methyl sites for hydroxylation is 2. The van der Waals surface area contributed by atoms with Gasteiger partial charge in [0.25, 0.3) is 0 Å². The van der Waals surface area contributed by atoms with Crippen molar-refractivity contribution in [3.05, 3.63) is 58.5 Å². The highest BCUT2D eigenvalue weighted by Crippen LogP contribution is 2.41. The second kappa shape index (κ2) is 5.06. The lowest BCUT2D eigenvalue weighted by atomic mass is 9.91. The van der Waals surface area contributed by atoms with Crippen LogP contribution in [0.15, 0.2) is 34.7 Å². The lowest BCUT2D eigenvalue weighted by Gasteiger charge is -2.23. The molecular weight excluding hydrogens is 264 g/mol. The molecule has 0 N–H and O–H groups in total. The van der Waals surface area contributed by atoms with Crippen LogP contribution in [0.4, 0.5) is 0 Å². The first-order chi connectivity index (χ1) is 10.3. The Labute approximate surface area is 123 Å². The molecule has 0 saturated heterocycles. The van der Waals surface area contributed by atoms with Gasteiger partial charge in [0.1, 0.15) is 17.6 Å². The third kappa shape index (κ3) is 2.17. The van der Waals surface area contributed by atoms with Crippen molar-refractivity contribution in [2.75, 3.05) is 0 Å². The SMILES string of the molecule is O=C(OC1CCCc2oc3c(c21)CCC3)c1ccccc1. The molecule has 3 heteroatoms. The highest BCUT2D eigenvalue weighted by Gasteiger charge is 2.33. The second-order valence-electron chi connectivity index (χ2n) is 5.85. The molecule has 108 valence electrons. The highest BCUT2D eigenvalue weighted by molar-refractivity contribution is 5.89. The second-order valence-corrected chi connectivity index (χ2v) is 5.85. The van der Waals surface area contributed by atoms with Crippen LogP contribution in [0.25, 0.3) is 0 Å². The van der Waals surface area contributed by atoms with Crippen LogP contribution < -0.4 is 0 Å². The quantitative estimate of drug-likeness (QED) is 0.781. The van der Waals surface area contributed by atoms with Crippen LogP contribution >= 0.6 is 0 Å². The van der Waals surface area contributed by atoms with Gasteiger partial charge in [-0.25, -0.2) is 4.79 Å². The van der Waals surface area contributed by atoms with E-state index in [1.165, 1.54) is 11.1 Å². The minimum Gasteiger partial charge on any atom is -0.465 e. The molecule has 2 aromatic rings. The van der Waals surface area contributed by atoms with Crippen molar-refractivity contribution in [3.8, 4) is 0 Å². The zero-order valence-electron chi connectivity index (χ0n) is 11.9. The summed E-state index contributed by atoms with van der Waals surface area (Å²) in [6.45, 7) is 0. The van der Waals surface area contributed by atoms with Crippen molar-refractivity contribution in [1.29, 1.82) is 0 Å². The number of esters is 1. The van der Waals surface area contributed by atoms with E-state index in [9.17, 15) is 4.79 Å². The predicted molar refractivity (Wildman–Crippen MR) is 78.3 cm³/mol. The van der Waals surface area contributed by atoms with Crippen molar-refractivity contribution >= 4 is 5.97 Å². The molecule has 2 aliphatic rings. The minimum absolute atomic E-state index is 0.132. The number of fused-ring (bicyclic) bond motifs is 3. The lowest BCUT2D eigenvalue weighted by Crippen LogP contribution is -2.17. The standard InChI is InChI=1S/C18H18O3/c19-18(12-6-2-1-3-7-12)21-16-11-5-10-15-17(16)13-8-4-9-14(13)20-15/h1-3,6-7,16H,4-5,8-11H2. The van der Waals surface area contributed by atoms with E-state index in [1.807, 2.05) is 18.2 Å². The number of hydrogen-bond donors (Lipinski definition) is 0. The third-order valence-corrected chi connectivity index (χ3v) is 4.49. The first-order valence-corrected chi connectivity index (χ1v) is 7.72. The predicted octanol–water partition coefficient (Wildman–Crippen LogP) is 4.00. The maximum atomic E-state index is 12.3. The number of hydrogen-bond acceptors (Lipinski definition) is 3. The Hall–Kier alpha value is -2.03. The van der Waals surface area contributed by atoms with Gasteiger partial charge in [-0.3, -0.25) is 0 Å². The summed E-state index contributed by atoms with van der Waals surface area (Å²) in [6, 6.07) is 9.22. The Bertz CT molecular complexity index is 669. The normalized spacial score (nSPS) is 19.9. The van der Waals surface area contributed by atoms with Gasteiger partial charge in [0.15, 0.2) is 0 Å².